The van der Waals surface area contributed by atoms with E-state index in [1.54, 1.807) is 25.4 Å². The van der Waals surface area contributed by atoms with Gasteiger partial charge in [0.2, 0.25) is 9.84 Å². The van der Waals surface area contributed by atoms with Gasteiger partial charge in [-0.25, -0.2) is 8.42 Å². The van der Waals surface area contributed by atoms with Crippen molar-refractivity contribution >= 4 is 20.4 Å². The van der Waals surface area contributed by atoms with Crippen LogP contribution in [0.3, 0.4) is 0 Å². The van der Waals surface area contributed by atoms with Gasteiger partial charge in [-0.2, -0.15) is 0 Å². The molecule has 6 nitrogen and oxygen atoms in total. The van der Waals surface area contributed by atoms with Gasteiger partial charge in [-0.1, -0.05) is 12.0 Å². The number of rotatable bonds is 5. The summed E-state index contributed by atoms with van der Waals surface area (Å²) in [5.41, 5.74) is 1.30. The number of allylic oxidation sites excluding steroid dienone is 1. The normalized spacial score (nSPS) is 18.0. The number of piperazine rings is 1. The monoisotopic (exact) mass is 383 g/mol. The lowest BCUT2D eigenvalue weighted by molar-refractivity contribution is 0.414. The Balaban J connectivity index is 2.01. The van der Waals surface area contributed by atoms with Crippen LogP contribution < -0.4 is 15.0 Å². The van der Waals surface area contributed by atoms with Crippen LogP contribution >= 0.6 is 0 Å². The first-order valence-corrected chi connectivity index (χ1v) is 10.0. The number of hydrogen-bond acceptors (Lipinski definition) is 6. The summed E-state index contributed by atoms with van der Waals surface area (Å²) in [4.78, 5) is 6.01. The Kier molecular flexibility index (Phi) is 5.79. The van der Waals surface area contributed by atoms with Crippen molar-refractivity contribution in [3.05, 3.63) is 60.4 Å². The molecule has 140 valence electrons. The zero-order valence-electron chi connectivity index (χ0n) is 15.0. The average Bonchev–Trinajstić information content (AvgIpc) is 2.72. The van der Waals surface area contributed by atoms with Crippen molar-refractivity contribution in [2.45, 2.75) is 5.37 Å². The number of hydrogen-bond donors (Lipinski definition) is 1. The summed E-state index contributed by atoms with van der Waals surface area (Å²) in [5, 5.41) is 2.39. The number of anilines is 1. The Morgan fingerprint density at radius 3 is 2.78 bits per heavy atom. The zero-order chi connectivity index (χ0) is 19.3. The topological polar surface area (TPSA) is 71.5 Å². The molecule has 2 heterocycles. The molecule has 0 amide bonds. The molecule has 27 heavy (non-hydrogen) atoms. The van der Waals surface area contributed by atoms with E-state index in [4.69, 9.17) is 11.2 Å². The molecule has 1 aromatic carbocycles. The van der Waals surface area contributed by atoms with Crippen molar-refractivity contribution in [3.63, 3.8) is 0 Å². The molecule has 3 rings (SSSR count). The van der Waals surface area contributed by atoms with Crippen LogP contribution in [0.1, 0.15) is 5.56 Å². The number of pyridine rings is 1. The third kappa shape index (κ3) is 3.97. The first-order valence-electron chi connectivity index (χ1n) is 8.50. The molecule has 1 unspecified atom stereocenters. The van der Waals surface area contributed by atoms with Crippen molar-refractivity contribution < 1.29 is 13.2 Å². The fourth-order valence-electron chi connectivity index (χ4n) is 3.09. The molecular weight excluding hydrogens is 362 g/mol. The standard InChI is InChI=1S/C20H21N3O3S/c1-3-5-19(16-6-4-11-21-14-16)27(24,25)20-15-22-12-13-23(20)17-7-9-18(26-2)10-8-17/h1,4-11,14,20,22H,12-13,15H2,2H3/b19-5+. The summed E-state index contributed by atoms with van der Waals surface area (Å²) in [6.07, 6.45) is 9.82. The molecule has 0 spiro atoms. The van der Waals surface area contributed by atoms with Gasteiger partial charge in [0.25, 0.3) is 0 Å². The summed E-state index contributed by atoms with van der Waals surface area (Å²) in [5.74, 6) is 3.08. The first-order chi connectivity index (χ1) is 13.1. The highest BCUT2D eigenvalue weighted by molar-refractivity contribution is 8.01. The van der Waals surface area contributed by atoms with Crippen LogP contribution in [0.4, 0.5) is 5.69 Å². The van der Waals surface area contributed by atoms with E-state index in [-0.39, 0.29) is 4.91 Å². The fraction of sp³-hybridized carbons (Fsp3) is 0.250. The van der Waals surface area contributed by atoms with Gasteiger partial charge in [0.15, 0.2) is 0 Å². The third-order valence-corrected chi connectivity index (χ3v) is 6.53. The van der Waals surface area contributed by atoms with Crippen LogP contribution in [0.5, 0.6) is 5.75 Å². The molecule has 1 aliphatic heterocycles. The summed E-state index contributed by atoms with van der Waals surface area (Å²) in [6.45, 7) is 1.56. The van der Waals surface area contributed by atoms with Gasteiger partial charge >= 0.3 is 0 Å². The van der Waals surface area contributed by atoms with Gasteiger partial charge in [-0.15, -0.1) is 6.42 Å². The second-order valence-electron chi connectivity index (χ2n) is 6.01. The Bertz CT molecular complexity index is 948. The van der Waals surface area contributed by atoms with E-state index in [1.165, 1.54) is 12.3 Å². The van der Waals surface area contributed by atoms with Crippen molar-refractivity contribution in [1.29, 1.82) is 0 Å². The molecule has 1 aliphatic rings. The molecule has 0 bridgehead atoms. The highest BCUT2D eigenvalue weighted by Gasteiger charge is 2.37. The Morgan fingerprint density at radius 2 is 2.15 bits per heavy atom. The molecule has 1 atom stereocenters. The summed E-state index contributed by atoms with van der Waals surface area (Å²) < 4.78 is 32.2. The van der Waals surface area contributed by atoms with Gasteiger partial charge in [-0.3, -0.25) is 4.98 Å². The van der Waals surface area contributed by atoms with E-state index in [2.05, 4.69) is 16.2 Å². The SMILES string of the molecule is C#C/C=C(\c1cccnc1)S(=O)(=O)C1CNCCN1c1ccc(OC)cc1. The second-order valence-corrected chi connectivity index (χ2v) is 8.09. The lowest BCUT2D eigenvalue weighted by atomic mass is 10.2. The molecular formula is C20H21N3O3S. The minimum atomic E-state index is -3.74. The number of aromatic nitrogens is 1. The number of benzene rings is 1. The summed E-state index contributed by atoms with van der Waals surface area (Å²) >= 11 is 0. The maximum Gasteiger partial charge on any atom is 0.201 e. The Labute approximate surface area is 159 Å². The minimum Gasteiger partial charge on any atom is -0.497 e. The number of terminal acetylenes is 1. The van der Waals surface area contributed by atoms with E-state index < -0.39 is 15.2 Å². The van der Waals surface area contributed by atoms with Crippen molar-refractivity contribution in [2.24, 2.45) is 0 Å². The fourth-order valence-corrected chi connectivity index (χ4v) is 4.96. The van der Waals surface area contributed by atoms with Crippen LogP contribution in [0.15, 0.2) is 54.9 Å². The number of sulfone groups is 1. The number of ether oxygens (including phenoxy) is 1. The Hall–Kier alpha value is -2.82. The molecule has 1 N–H and O–H groups in total. The predicted molar refractivity (Wildman–Crippen MR) is 107 cm³/mol. The molecule has 2 aromatic rings. The molecule has 0 aliphatic carbocycles. The molecule has 1 fully saturated rings. The first kappa shape index (κ1) is 19.0. The van der Waals surface area contributed by atoms with Gasteiger partial charge < -0.3 is 15.0 Å². The number of nitrogens with one attached hydrogen (secondary N) is 1. The van der Waals surface area contributed by atoms with E-state index in [9.17, 15) is 8.42 Å². The molecule has 7 heteroatoms. The second kappa shape index (κ2) is 8.25. The minimum absolute atomic E-state index is 0.102. The van der Waals surface area contributed by atoms with Crippen LogP contribution in [-0.2, 0) is 9.84 Å². The molecule has 1 aromatic heterocycles. The molecule has 0 saturated carbocycles. The van der Waals surface area contributed by atoms with Crippen molar-refractivity contribution in [3.8, 4) is 18.1 Å². The quantitative estimate of drug-likeness (QED) is 0.796. The van der Waals surface area contributed by atoms with Crippen molar-refractivity contribution in [2.75, 3.05) is 31.6 Å². The van der Waals surface area contributed by atoms with Gasteiger partial charge in [-0.05, 0) is 30.3 Å². The zero-order valence-corrected chi connectivity index (χ0v) is 15.8. The van der Waals surface area contributed by atoms with Gasteiger partial charge in [0.05, 0.1) is 12.0 Å². The lowest BCUT2D eigenvalue weighted by Gasteiger charge is -2.37. The Morgan fingerprint density at radius 1 is 1.37 bits per heavy atom. The van der Waals surface area contributed by atoms with Crippen LogP contribution in [0.25, 0.3) is 4.91 Å². The third-order valence-electron chi connectivity index (χ3n) is 4.43. The maximum absolute atomic E-state index is 13.5. The molecule has 1 saturated heterocycles. The van der Waals surface area contributed by atoms with Gasteiger partial charge in [0.1, 0.15) is 11.1 Å². The van der Waals surface area contributed by atoms with E-state index in [0.29, 0.717) is 25.2 Å². The van der Waals surface area contributed by atoms with Crippen LogP contribution in [0.2, 0.25) is 0 Å². The predicted octanol–water partition coefficient (Wildman–Crippen LogP) is 1.91. The molecule has 0 radical (unpaired) electrons. The summed E-state index contributed by atoms with van der Waals surface area (Å²) in [6, 6.07) is 10.8. The van der Waals surface area contributed by atoms with Crippen LogP contribution in [-0.4, -0.2) is 45.5 Å². The van der Waals surface area contributed by atoms with E-state index in [1.807, 2.05) is 29.2 Å². The maximum atomic E-state index is 13.5. The highest BCUT2D eigenvalue weighted by Crippen LogP contribution is 2.30. The highest BCUT2D eigenvalue weighted by atomic mass is 32.2. The number of nitrogens with zero attached hydrogens (tertiary/aromatic N) is 2. The average molecular weight is 383 g/mol. The van der Waals surface area contributed by atoms with Crippen LogP contribution in [0, 0.1) is 12.3 Å². The summed E-state index contributed by atoms with van der Waals surface area (Å²) in [7, 11) is -2.15. The van der Waals surface area contributed by atoms with Gasteiger partial charge in [0, 0.05) is 49.4 Å². The van der Waals surface area contributed by atoms with E-state index >= 15 is 0 Å². The lowest BCUT2D eigenvalue weighted by Crippen LogP contribution is -2.55. The number of methoxy groups -OCH3 is 1. The van der Waals surface area contributed by atoms with Crippen molar-refractivity contribution in [1.82, 2.24) is 10.3 Å². The smallest absolute Gasteiger partial charge is 0.201 e. The van der Waals surface area contributed by atoms with E-state index in [0.717, 1.165) is 11.4 Å². The largest absolute Gasteiger partial charge is 0.497 e.